The molecule has 1 fully saturated rings. The average Bonchev–Trinajstić information content (AvgIpc) is 3.45. The highest BCUT2D eigenvalue weighted by Gasteiger charge is 2.41. The molecule has 7 heteroatoms. The molecule has 3 heterocycles. The van der Waals surface area contributed by atoms with Crippen LogP contribution in [0.5, 0.6) is 5.75 Å². The van der Waals surface area contributed by atoms with Crippen molar-refractivity contribution in [1.29, 1.82) is 0 Å². The summed E-state index contributed by atoms with van der Waals surface area (Å²) in [5.74, 6) is 0.626. The van der Waals surface area contributed by atoms with Crippen LogP contribution >= 0.6 is 23.8 Å². The number of rotatable bonds is 5. The number of nitrogens with zero attached hydrogens (tertiary/aromatic N) is 3. The van der Waals surface area contributed by atoms with Crippen LogP contribution in [0, 0.1) is 0 Å². The normalized spacial score (nSPS) is 17.9. The van der Waals surface area contributed by atoms with Gasteiger partial charge >= 0.3 is 0 Å². The first-order valence-electron chi connectivity index (χ1n) is 10.2. The Balaban J connectivity index is 1.60. The van der Waals surface area contributed by atoms with Gasteiger partial charge in [-0.15, -0.1) is 0 Å². The molecule has 0 unspecified atom stereocenters. The fourth-order valence-electron chi connectivity index (χ4n) is 4.13. The monoisotopic (exact) mass is 460 g/mol. The Labute approximate surface area is 197 Å². The minimum Gasteiger partial charge on any atom is -0.495 e. The molecule has 4 aromatic rings. The Morgan fingerprint density at radius 3 is 2.53 bits per heavy atom. The number of halogens is 1. The lowest BCUT2D eigenvalue weighted by Crippen LogP contribution is -2.29. The largest absolute Gasteiger partial charge is 0.495 e. The Morgan fingerprint density at radius 1 is 1.00 bits per heavy atom. The van der Waals surface area contributed by atoms with Crippen molar-refractivity contribution in [2.45, 2.75) is 12.1 Å². The van der Waals surface area contributed by atoms with Crippen LogP contribution in [-0.2, 0) is 0 Å². The van der Waals surface area contributed by atoms with Gasteiger partial charge < -0.3 is 19.5 Å². The molecular formula is C25H21ClN4OS. The first kappa shape index (κ1) is 20.5. The summed E-state index contributed by atoms with van der Waals surface area (Å²) in [5.41, 5.74) is 4.03. The molecule has 0 saturated carbocycles. The van der Waals surface area contributed by atoms with Crippen LogP contribution in [0.15, 0.2) is 91.4 Å². The molecule has 5 nitrogen and oxygen atoms in total. The highest BCUT2D eigenvalue weighted by atomic mass is 35.5. The number of para-hydroxylation sites is 1. The van der Waals surface area contributed by atoms with E-state index in [0.29, 0.717) is 15.9 Å². The van der Waals surface area contributed by atoms with Crippen molar-refractivity contribution >= 4 is 34.6 Å². The van der Waals surface area contributed by atoms with Gasteiger partial charge in [0.15, 0.2) is 5.11 Å². The minimum absolute atomic E-state index is 0.105. The molecule has 2 aromatic heterocycles. The molecule has 1 aliphatic rings. The first-order chi connectivity index (χ1) is 15.7. The molecule has 0 radical (unpaired) electrons. The van der Waals surface area contributed by atoms with E-state index in [4.69, 9.17) is 28.6 Å². The molecule has 0 aliphatic carbocycles. The predicted octanol–water partition coefficient (Wildman–Crippen LogP) is 5.71. The van der Waals surface area contributed by atoms with Gasteiger partial charge in [-0.3, -0.25) is 4.98 Å². The maximum atomic E-state index is 6.46. The molecule has 0 spiro atoms. The van der Waals surface area contributed by atoms with Gasteiger partial charge in [0.2, 0.25) is 0 Å². The van der Waals surface area contributed by atoms with Gasteiger partial charge in [0, 0.05) is 30.0 Å². The van der Waals surface area contributed by atoms with E-state index in [1.54, 1.807) is 13.3 Å². The zero-order valence-corrected chi connectivity index (χ0v) is 18.9. The van der Waals surface area contributed by atoms with E-state index < -0.39 is 0 Å². The topological polar surface area (TPSA) is 42.3 Å². The molecule has 160 valence electrons. The van der Waals surface area contributed by atoms with Crippen molar-refractivity contribution in [3.05, 3.63) is 108 Å². The average molecular weight is 461 g/mol. The standard InChI is InChI=1S/C25H21ClN4OS/c1-31-22-11-10-19(15-20(22)26)30-24(23(28-25(30)32)21-9-5-6-13-27-21)17-12-14-29(16-17)18-7-3-2-4-8-18/h2-16,23-24H,1H3,(H,28,32)/t23-,24+/m0/s1. The maximum absolute atomic E-state index is 6.46. The van der Waals surface area contributed by atoms with E-state index in [1.807, 2.05) is 54.6 Å². The van der Waals surface area contributed by atoms with Crippen LogP contribution < -0.4 is 15.0 Å². The summed E-state index contributed by atoms with van der Waals surface area (Å²) in [5, 5.41) is 4.64. The number of anilines is 1. The number of ether oxygens (including phenoxy) is 1. The van der Waals surface area contributed by atoms with Crippen LogP contribution in [0.25, 0.3) is 5.69 Å². The summed E-state index contributed by atoms with van der Waals surface area (Å²) < 4.78 is 7.45. The lowest BCUT2D eigenvalue weighted by Gasteiger charge is -2.27. The zero-order valence-electron chi connectivity index (χ0n) is 17.4. The smallest absolute Gasteiger partial charge is 0.174 e. The third-order valence-corrected chi connectivity index (χ3v) is 6.23. The van der Waals surface area contributed by atoms with Crippen molar-refractivity contribution in [1.82, 2.24) is 14.9 Å². The van der Waals surface area contributed by atoms with Gasteiger partial charge in [-0.1, -0.05) is 35.9 Å². The number of methoxy groups -OCH3 is 1. The number of pyridine rings is 1. The molecule has 2 atom stereocenters. The van der Waals surface area contributed by atoms with Gasteiger partial charge in [-0.25, -0.2) is 0 Å². The third-order valence-electron chi connectivity index (χ3n) is 5.62. The van der Waals surface area contributed by atoms with Crippen molar-refractivity contribution in [2.75, 3.05) is 12.0 Å². The van der Waals surface area contributed by atoms with Crippen molar-refractivity contribution < 1.29 is 4.74 Å². The van der Waals surface area contributed by atoms with Crippen LogP contribution in [0.1, 0.15) is 23.3 Å². The number of benzene rings is 2. The van der Waals surface area contributed by atoms with Crippen LogP contribution in [0.3, 0.4) is 0 Å². The molecule has 1 N–H and O–H groups in total. The van der Waals surface area contributed by atoms with E-state index in [2.05, 4.69) is 50.4 Å². The van der Waals surface area contributed by atoms with Crippen LogP contribution in [0.4, 0.5) is 5.69 Å². The number of thiocarbonyl (C=S) groups is 1. The molecule has 32 heavy (non-hydrogen) atoms. The lowest BCUT2D eigenvalue weighted by atomic mass is 9.98. The molecule has 1 saturated heterocycles. The first-order valence-corrected chi connectivity index (χ1v) is 11.0. The Hall–Kier alpha value is -3.35. The van der Waals surface area contributed by atoms with Gasteiger partial charge in [0.05, 0.1) is 29.9 Å². The predicted molar refractivity (Wildman–Crippen MR) is 132 cm³/mol. The Kier molecular flexibility index (Phi) is 5.55. The SMILES string of the molecule is COc1ccc(N2C(=S)N[C@@H](c3ccccn3)[C@H]2c2ccn(-c3ccccc3)c2)cc1Cl. The molecular weight excluding hydrogens is 440 g/mol. The second-order valence-electron chi connectivity index (χ2n) is 7.50. The minimum atomic E-state index is -0.115. The lowest BCUT2D eigenvalue weighted by molar-refractivity contribution is 0.415. The van der Waals surface area contributed by atoms with Gasteiger partial charge in [0.25, 0.3) is 0 Å². The molecule has 5 rings (SSSR count). The molecule has 0 amide bonds. The number of hydrogen-bond donors (Lipinski definition) is 1. The summed E-state index contributed by atoms with van der Waals surface area (Å²) in [4.78, 5) is 6.71. The van der Waals surface area contributed by atoms with Gasteiger partial charge in [0.1, 0.15) is 5.75 Å². The zero-order chi connectivity index (χ0) is 22.1. The quantitative estimate of drug-likeness (QED) is 0.386. The molecule has 1 aliphatic heterocycles. The van der Waals surface area contributed by atoms with Crippen molar-refractivity contribution in [3.63, 3.8) is 0 Å². The summed E-state index contributed by atoms with van der Waals surface area (Å²) in [6, 6.07) is 23.8. The van der Waals surface area contributed by atoms with Crippen molar-refractivity contribution in [2.24, 2.45) is 0 Å². The molecule has 2 aromatic carbocycles. The summed E-state index contributed by atoms with van der Waals surface area (Å²) in [6.07, 6.45) is 6.02. The third kappa shape index (κ3) is 3.72. The van der Waals surface area contributed by atoms with Crippen LogP contribution in [-0.4, -0.2) is 21.8 Å². The fourth-order valence-corrected chi connectivity index (χ4v) is 4.72. The molecule has 0 bridgehead atoms. The van der Waals surface area contributed by atoms with Gasteiger partial charge in [-0.05, 0) is 66.3 Å². The maximum Gasteiger partial charge on any atom is 0.174 e. The summed E-state index contributed by atoms with van der Waals surface area (Å²) in [7, 11) is 1.61. The van der Waals surface area contributed by atoms with Crippen LogP contribution in [0.2, 0.25) is 5.02 Å². The van der Waals surface area contributed by atoms with E-state index in [-0.39, 0.29) is 12.1 Å². The number of hydrogen-bond acceptors (Lipinski definition) is 3. The highest BCUT2D eigenvalue weighted by Crippen LogP contribution is 2.43. The second kappa shape index (κ2) is 8.65. The number of aromatic nitrogens is 2. The van der Waals surface area contributed by atoms with E-state index in [1.165, 1.54) is 0 Å². The Morgan fingerprint density at radius 2 is 1.81 bits per heavy atom. The highest BCUT2D eigenvalue weighted by molar-refractivity contribution is 7.80. The van der Waals surface area contributed by atoms with E-state index in [0.717, 1.165) is 22.6 Å². The van der Waals surface area contributed by atoms with E-state index in [9.17, 15) is 0 Å². The number of nitrogens with one attached hydrogen (secondary N) is 1. The van der Waals surface area contributed by atoms with Crippen molar-refractivity contribution in [3.8, 4) is 11.4 Å². The summed E-state index contributed by atoms with van der Waals surface area (Å²) >= 11 is 12.2. The summed E-state index contributed by atoms with van der Waals surface area (Å²) in [6.45, 7) is 0. The van der Waals surface area contributed by atoms with Gasteiger partial charge in [-0.2, -0.15) is 0 Å². The Bertz CT molecular complexity index is 1250. The fraction of sp³-hybridized carbons (Fsp3) is 0.120. The van der Waals surface area contributed by atoms with E-state index >= 15 is 0 Å². The second-order valence-corrected chi connectivity index (χ2v) is 8.30.